The minimum Gasteiger partial charge on any atom is -0.490 e. The number of nitrogen functional groups attached to an aromatic ring is 1. The smallest absolute Gasteiger partial charge is 0.318 e. The van der Waals surface area contributed by atoms with Crippen LogP contribution in [0.15, 0.2) is 12.1 Å². The van der Waals surface area contributed by atoms with E-state index in [0.717, 1.165) is 23.5 Å². The number of nitro benzene ring substituents is 2. The number of methoxy groups -OCH3 is 1. The van der Waals surface area contributed by atoms with Gasteiger partial charge in [0, 0.05) is 6.07 Å². The minimum atomic E-state index is -0.764. The summed E-state index contributed by atoms with van der Waals surface area (Å²) in [5.41, 5.74) is 4.57. The predicted octanol–water partition coefficient (Wildman–Crippen LogP) is 1.61. The number of non-ortho nitro benzene ring substituents is 1. The van der Waals surface area contributed by atoms with E-state index >= 15 is 0 Å². The molecule has 0 aliphatic heterocycles. The fraction of sp³-hybridized carbons (Fsp3) is 0.111. The maximum atomic E-state index is 11.0. The van der Waals surface area contributed by atoms with Crippen LogP contribution in [-0.2, 0) is 0 Å². The average molecular weight is 297 g/mol. The van der Waals surface area contributed by atoms with Crippen molar-refractivity contribution in [2.75, 3.05) is 12.8 Å². The van der Waals surface area contributed by atoms with Crippen molar-refractivity contribution >= 4 is 27.8 Å². The van der Waals surface area contributed by atoms with Crippen molar-refractivity contribution in [1.82, 2.24) is 10.2 Å². The van der Waals surface area contributed by atoms with Gasteiger partial charge in [0.15, 0.2) is 5.01 Å². The summed E-state index contributed by atoms with van der Waals surface area (Å²) in [4.78, 5) is 20.3. The number of anilines is 1. The Morgan fingerprint density at radius 1 is 1.25 bits per heavy atom. The van der Waals surface area contributed by atoms with Gasteiger partial charge in [0.05, 0.1) is 28.6 Å². The van der Waals surface area contributed by atoms with Gasteiger partial charge >= 0.3 is 5.69 Å². The number of nitrogens with zero attached hydrogens (tertiary/aromatic N) is 4. The number of nitro groups is 2. The molecule has 0 fully saturated rings. The maximum absolute atomic E-state index is 11.0. The van der Waals surface area contributed by atoms with E-state index < -0.39 is 21.2 Å². The molecule has 0 radical (unpaired) electrons. The third-order valence-electron chi connectivity index (χ3n) is 2.34. The van der Waals surface area contributed by atoms with E-state index in [-0.39, 0.29) is 21.5 Å². The van der Waals surface area contributed by atoms with Crippen molar-refractivity contribution in [3.8, 4) is 16.3 Å². The number of nitrogens with two attached hydrogens (primary N) is 1. The molecule has 0 unspecified atom stereocenters. The predicted molar refractivity (Wildman–Crippen MR) is 69.6 cm³/mol. The Kier molecular flexibility index (Phi) is 3.43. The second-order valence-electron chi connectivity index (χ2n) is 3.51. The van der Waals surface area contributed by atoms with Gasteiger partial charge in [0.2, 0.25) is 10.9 Å². The third-order valence-corrected chi connectivity index (χ3v) is 3.12. The number of benzene rings is 1. The van der Waals surface area contributed by atoms with Gasteiger partial charge in [-0.25, -0.2) is 0 Å². The lowest BCUT2D eigenvalue weighted by Crippen LogP contribution is -1.98. The van der Waals surface area contributed by atoms with E-state index in [1.807, 2.05) is 0 Å². The molecule has 1 aromatic carbocycles. The van der Waals surface area contributed by atoms with E-state index in [1.54, 1.807) is 0 Å². The van der Waals surface area contributed by atoms with Crippen molar-refractivity contribution in [3.05, 3.63) is 32.4 Å². The first-order chi connectivity index (χ1) is 9.43. The van der Waals surface area contributed by atoms with E-state index in [0.29, 0.717) is 0 Å². The van der Waals surface area contributed by atoms with Crippen molar-refractivity contribution in [3.63, 3.8) is 0 Å². The molecule has 11 heteroatoms. The topological polar surface area (TPSA) is 147 Å². The highest BCUT2D eigenvalue weighted by Crippen LogP contribution is 2.42. The van der Waals surface area contributed by atoms with Crippen molar-refractivity contribution < 1.29 is 14.6 Å². The normalized spacial score (nSPS) is 10.2. The highest BCUT2D eigenvalue weighted by Gasteiger charge is 2.27. The van der Waals surface area contributed by atoms with Crippen LogP contribution in [0.3, 0.4) is 0 Å². The van der Waals surface area contributed by atoms with Gasteiger partial charge in [-0.05, 0) is 0 Å². The van der Waals surface area contributed by atoms with Crippen molar-refractivity contribution in [1.29, 1.82) is 0 Å². The molecule has 0 aliphatic carbocycles. The molecular formula is C9H7N5O5S. The molecule has 0 aliphatic rings. The first-order valence-electron chi connectivity index (χ1n) is 5.04. The second-order valence-corrected chi connectivity index (χ2v) is 4.51. The summed E-state index contributed by atoms with van der Waals surface area (Å²) in [6, 6.07) is 1.96. The molecule has 20 heavy (non-hydrogen) atoms. The summed E-state index contributed by atoms with van der Waals surface area (Å²) >= 11 is 0.942. The van der Waals surface area contributed by atoms with Gasteiger partial charge in [-0.2, -0.15) is 0 Å². The summed E-state index contributed by atoms with van der Waals surface area (Å²) in [7, 11) is 1.22. The van der Waals surface area contributed by atoms with Crippen LogP contribution in [0.25, 0.3) is 10.6 Å². The lowest BCUT2D eigenvalue weighted by atomic mass is 10.1. The fourth-order valence-electron chi connectivity index (χ4n) is 1.56. The van der Waals surface area contributed by atoms with Gasteiger partial charge in [-0.15, -0.1) is 10.2 Å². The first-order valence-corrected chi connectivity index (χ1v) is 5.86. The molecule has 2 aromatic rings. The molecular weight excluding hydrogens is 290 g/mol. The van der Waals surface area contributed by atoms with Crippen molar-refractivity contribution in [2.45, 2.75) is 0 Å². The zero-order valence-electron chi connectivity index (χ0n) is 9.97. The van der Waals surface area contributed by atoms with Crippen LogP contribution in [0.4, 0.5) is 16.5 Å². The summed E-state index contributed by atoms with van der Waals surface area (Å²) in [6.07, 6.45) is 0. The molecule has 10 nitrogen and oxygen atoms in total. The zero-order valence-corrected chi connectivity index (χ0v) is 10.8. The van der Waals surface area contributed by atoms with E-state index in [1.165, 1.54) is 7.11 Å². The molecule has 1 aromatic heterocycles. The second kappa shape index (κ2) is 5.05. The number of hydrogen-bond acceptors (Lipinski definition) is 9. The van der Waals surface area contributed by atoms with Gasteiger partial charge in [-0.3, -0.25) is 20.2 Å². The van der Waals surface area contributed by atoms with Gasteiger partial charge < -0.3 is 10.5 Å². The molecule has 104 valence electrons. The van der Waals surface area contributed by atoms with Gasteiger partial charge in [0.1, 0.15) is 0 Å². The quantitative estimate of drug-likeness (QED) is 0.661. The average Bonchev–Trinajstić information content (AvgIpc) is 2.83. The van der Waals surface area contributed by atoms with Crippen LogP contribution in [-0.4, -0.2) is 27.2 Å². The summed E-state index contributed by atoms with van der Waals surface area (Å²) in [5, 5.41) is 29.5. The summed E-state index contributed by atoms with van der Waals surface area (Å²) < 4.78 is 4.97. The Balaban J connectivity index is 2.76. The number of rotatable bonds is 4. The third kappa shape index (κ3) is 2.33. The minimum absolute atomic E-state index is 0.0996. The molecule has 0 atom stereocenters. The Labute approximate surface area is 115 Å². The summed E-state index contributed by atoms with van der Waals surface area (Å²) in [6.45, 7) is 0. The van der Waals surface area contributed by atoms with Gasteiger partial charge in [0.25, 0.3) is 5.69 Å². The lowest BCUT2D eigenvalue weighted by Gasteiger charge is -2.06. The zero-order chi connectivity index (χ0) is 14.9. The van der Waals surface area contributed by atoms with Crippen LogP contribution in [0.5, 0.6) is 5.75 Å². The molecule has 0 spiro atoms. The molecule has 0 bridgehead atoms. The van der Waals surface area contributed by atoms with E-state index in [4.69, 9.17) is 10.5 Å². The first kappa shape index (κ1) is 13.6. The molecule has 2 N–H and O–H groups in total. The lowest BCUT2D eigenvalue weighted by molar-refractivity contribution is -0.394. The number of aromatic nitrogens is 2. The van der Waals surface area contributed by atoms with Crippen LogP contribution in [0.2, 0.25) is 0 Å². The van der Waals surface area contributed by atoms with Crippen LogP contribution >= 0.6 is 11.3 Å². The molecule has 0 amide bonds. The van der Waals surface area contributed by atoms with E-state index in [2.05, 4.69) is 10.2 Å². The Morgan fingerprint density at radius 3 is 2.40 bits per heavy atom. The monoisotopic (exact) mass is 297 g/mol. The Hall–Kier alpha value is -2.82. The molecule has 1 heterocycles. The highest BCUT2D eigenvalue weighted by atomic mass is 32.1. The maximum Gasteiger partial charge on any atom is 0.318 e. The van der Waals surface area contributed by atoms with Crippen LogP contribution in [0, 0.1) is 20.2 Å². The summed E-state index contributed by atoms with van der Waals surface area (Å²) in [5.74, 6) is -0.128. The SMILES string of the molecule is COc1c(-c2nnc(N)s2)cc([N+](=O)[O-])cc1[N+](=O)[O-]. The molecule has 0 saturated carbocycles. The van der Waals surface area contributed by atoms with Gasteiger partial charge in [-0.1, -0.05) is 11.3 Å². The van der Waals surface area contributed by atoms with Crippen LogP contribution in [0.1, 0.15) is 0 Å². The van der Waals surface area contributed by atoms with Crippen LogP contribution < -0.4 is 10.5 Å². The van der Waals surface area contributed by atoms with E-state index in [9.17, 15) is 20.2 Å². The van der Waals surface area contributed by atoms with Crippen molar-refractivity contribution in [2.24, 2.45) is 0 Å². The molecule has 2 rings (SSSR count). The Bertz CT molecular complexity index is 700. The highest BCUT2D eigenvalue weighted by molar-refractivity contribution is 7.18. The number of ether oxygens (including phenoxy) is 1. The molecule has 0 saturated heterocycles. The number of hydrogen-bond donors (Lipinski definition) is 1. The fourth-order valence-corrected chi connectivity index (χ4v) is 2.18. The standard InChI is InChI=1S/C9H7N5O5S/c1-19-7-5(8-11-12-9(10)20-8)2-4(13(15)16)3-6(7)14(17)18/h2-3H,1H3,(H2,10,12). The largest absolute Gasteiger partial charge is 0.490 e. The Morgan fingerprint density at radius 2 is 1.95 bits per heavy atom.